The van der Waals surface area contributed by atoms with Gasteiger partial charge in [0.15, 0.2) is 0 Å². The number of aromatic nitrogens is 1. The van der Waals surface area contributed by atoms with Gasteiger partial charge in [0.25, 0.3) is 5.91 Å². The number of amides is 1. The summed E-state index contributed by atoms with van der Waals surface area (Å²) in [6.45, 7) is 4.00. The van der Waals surface area contributed by atoms with Crippen LogP contribution in [0.4, 0.5) is 0 Å². The summed E-state index contributed by atoms with van der Waals surface area (Å²) in [6.07, 6.45) is 2.12. The molecule has 1 aliphatic heterocycles. The van der Waals surface area contributed by atoms with Crippen LogP contribution in [0.1, 0.15) is 34.6 Å². The Hall–Kier alpha value is -1.39. The summed E-state index contributed by atoms with van der Waals surface area (Å²) in [5.74, 6) is 2.29. The second kappa shape index (κ2) is 7.02. The minimum Gasteiger partial charge on any atom is -0.349 e. The molecular weight excluding hydrogens is 328 g/mol. The second-order valence-electron chi connectivity index (χ2n) is 5.96. The minimum atomic E-state index is 0.0308. The Kier molecular flexibility index (Phi) is 5.02. The Bertz CT molecular complexity index is 720. The maximum absolute atomic E-state index is 12.6. The smallest absolute Gasteiger partial charge is 0.253 e. The predicted octanol–water partition coefficient (Wildman–Crippen LogP) is 4.37. The summed E-state index contributed by atoms with van der Waals surface area (Å²) >= 11 is 8.06. The van der Waals surface area contributed by atoms with Gasteiger partial charge >= 0.3 is 0 Å². The molecule has 3 nitrogen and oxygen atoms in total. The molecule has 2 heterocycles. The SMILES string of the molecule is Cc1cc(C(=O)NC2CCSCC2)c(C)n1-c1cccc(Cl)c1. The molecule has 23 heavy (non-hydrogen) atoms. The molecule has 1 fully saturated rings. The Morgan fingerprint density at radius 3 is 2.70 bits per heavy atom. The van der Waals surface area contributed by atoms with E-state index in [1.165, 1.54) is 0 Å². The molecule has 1 aromatic carbocycles. The highest BCUT2D eigenvalue weighted by Crippen LogP contribution is 2.24. The molecule has 1 amide bonds. The van der Waals surface area contributed by atoms with Crippen LogP contribution < -0.4 is 5.32 Å². The molecule has 0 saturated carbocycles. The van der Waals surface area contributed by atoms with Gasteiger partial charge in [0.05, 0.1) is 5.56 Å². The van der Waals surface area contributed by atoms with E-state index in [1.54, 1.807) is 0 Å². The van der Waals surface area contributed by atoms with E-state index in [4.69, 9.17) is 11.6 Å². The van der Waals surface area contributed by atoms with Gasteiger partial charge in [-0.25, -0.2) is 0 Å². The van der Waals surface area contributed by atoms with E-state index in [2.05, 4.69) is 9.88 Å². The van der Waals surface area contributed by atoms with Crippen molar-refractivity contribution in [2.75, 3.05) is 11.5 Å². The lowest BCUT2D eigenvalue weighted by Gasteiger charge is -2.22. The quantitative estimate of drug-likeness (QED) is 0.893. The average molecular weight is 349 g/mol. The number of rotatable bonds is 3. The first-order valence-electron chi connectivity index (χ1n) is 7.90. The monoisotopic (exact) mass is 348 g/mol. The normalized spacial score (nSPS) is 15.6. The molecule has 0 bridgehead atoms. The van der Waals surface area contributed by atoms with Gasteiger partial charge in [-0.15, -0.1) is 0 Å². The lowest BCUT2D eigenvalue weighted by atomic mass is 10.1. The molecule has 122 valence electrons. The van der Waals surface area contributed by atoms with Crippen molar-refractivity contribution in [3.63, 3.8) is 0 Å². The Balaban J connectivity index is 1.86. The first-order chi connectivity index (χ1) is 11.1. The Labute approximate surface area is 146 Å². The summed E-state index contributed by atoms with van der Waals surface area (Å²) in [4.78, 5) is 12.6. The molecule has 0 radical (unpaired) electrons. The Morgan fingerprint density at radius 2 is 2.00 bits per heavy atom. The van der Waals surface area contributed by atoms with Gasteiger partial charge in [0.2, 0.25) is 0 Å². The van der Waals surface area contributed by atoms with Crippen LogP contribution in [0, 0.1) is 13.8 Å². The van der Waals surface area contributed by atoms with Crippen molar-refractivity contribution in [3.8, 4) is 5.69 Å². The zero-order valence-electron chi connectivity index (χ0n) is 13.4. The molecule has 1 N–H and O–H groups in total. The number of nitrogens with zero attached hydrogens (tertiary/aromatic N) is 1. The molecule has 5 heteroatoms. The van der Waals surface area contributed by atoms with Crippen molar-refractivity contribution in [2.45, 2.75) is 32.7 Å². The van der Waals surface area contributed by atoms with E-state index < -0.39 is 0 Å². The van der Waals surface area contributed by atoms with Crippen LogP contribution in [-0.2, 0) is 0 Å². The van der Waals surface area contributed by atoms with Gasteiger partial charge in [0.1, 0.15) is 0 Å². The average Bonchev–Trinajstić information content (AvgIpc) is 2.83. The van der Waals surface area contributed by atoms with E-state index >= 15 is 0 Å². The number of carbonyl (C=O) groups excluding carboxylic acids is 1. The number of aryl methyl sites for hydroxylation is 1. The molecular formula is C18H21ClN2OS. The number of hydrogen-bond donors (Lipinski definition) is 1. The molecule has 3 rings (SSSR count). The van der Waals surface area contributed by atoms with Crippen LogP contribution in [-0.4, -0.2) is 28.0 Å². The third kappa shape index (κ3) is 3.59. The highest BCUT2D eigenvalue weighted by molar-refractivity contribution is 7.99. The van der Waals surface area contributed by atoms with E-state index in [9.17, 15) is 4.79 Å². The highest BCUT2D eigenvalue weighted by Gasteiger charge is 2.21. The van der Waals surface area contributed by atoms with Crippen LogP contribution in [0.25, 0.3) is 5.69 Å². The topological polar surface area (TPSA) is 34.0 Å². The van der Waals surface area contributed by atoms with E-state index in [0.717, 1.165) is 47.0 Å². The van der Waals surface area contributed by atoms with Crippen LogP contribution in [0.15, 0.2) is 30.3 Å². The third-order valence-electron chi connectivity index (χ3n) is 4.30. The molecule has 0 unspecified atom stereocenters. The van der Waals surface area contributed by atoms with Crippen LogP contribution in [0.2, 0.25) is 5.02 Å². The second-order valence-corrected chi connectivity index (χ2v) is 7.62. The molecule has 1 aromatic heterocycles. The third-order valence-corrected chi connectivity index (χ3v) is 5.58. The van der Waals surface area contributed by atoms with Crippen molar-refractivity contribution in [3.05, 3.63) is 52.3 Å². The lowest BCUT2D eigenvalue weighted by Crippen LogP contribution is -2.37. The highest BCUT2D eigenvalue weighted by atomic mass is 35.5. The zero-order valence-corrected chi connectivity index (χ0v) is 15.0. The fourth-order valence-electron chi connectivity index (χ4n) is 3.11. The minimum absolute atomic E-state index is 0.0308. The van der Waals surface area contributed by atoms with Gasteiger partial charge in [-0.3, -0.25) is 4.79 Å². The van der Waals surface area contributed by atoms with Crippen molar-refractivity contribution < 1.29 is 4.79 Å². The summed E-state index contributed by atoms with van der Waals surface area (Å²) in [5, 5.41) is 3.88. The number of nitrogens with one attached hydrogen (secondary N) is 1. The van der Waals surface area contributed by atoms with Gasteiger partial charge in [-0.1, -0.05) is 17.7 Å². The number of thioether (sulfide) groups is 1. The first-order valence-corrected chi connectivity index (χ1v) is 9.43. The van der Waals surface area contributed by atoms with Crippen LogP contribution >= 0.6 is 23.4 Å². The zero-order chi connectivity index (χ0) is 16.4. The standard InChI is InChI=1S/C18H21ClN2OS/c1-12-10-17(18(22)20-15-6-8-23-9-7-15)13(2)21(12)16-5-3-4-14(19)11-16/h3-5,10-11,15H,6-9H2,1-2H3,(H,20,22). The molecule has 2 aromatic rings. The van der Waals surface area contributed by atoms with Gasteiger partial charge in [-0.05, 0) is 62.5 Å². The predicted molar refractivity (Wildman–Crippen MR) is 98.1 cm³/mol. The number of halogens is 1. The molecule has 0 spiro atoms. The van der Waals surface area contributed by atoms with Crippen molar-refractivity contribution in [2.24, 2.45) is 0 Å². The fourth-order valence-corrected chi connectivity index (χ4v) is 4.40. The number of benzene rings is 1. The van der Waals surface area contributed by atoms with Crippen LogP contribution in [0.3, 0.4) is 0 Å². The van der Waals surface area contributed by atoms with Gasteiger partial charge < -0.3 is 9.88 Å². The van der Waals surface area contributed by atoms with Gasteiger partial charge in [0, 0.05) is 28.1 Å². The van der Waals surface area contributed by atoms with Crippen molar-refractivity contribution in [1.29, 1.82) is 0 Å². The summed E-state index contributed by atoms with van der Waals surface area (Å²) in [7, 11) is 0. The van der Waals surface area contributed by atoms with Gasteiger partial charge in [-0.2, -0.15) is 11.8 Å². The maximum atomic E-state index is 12.6. The van der Waals surface area contributed by atoms with E-state index in [-0.39, 0.29) is 5.91 Å². The molecule has 0 aliphatic carbocycles. The largest absolute Gasteiger partial charge is 0.349 e. The van der Waals surface area contributed by atoms with E-state index in [1.807, 2.05) is 55.9 Å². The first kappa shape index (κ1) is 16.5. The Morgan fingerprint density at radius 1 is 1.26 bits per heavy atom. The summed E-state index contributed by atoms with van der Waals surface area (Å²) in [6, 6.07) is 9.97. The summed E-state index contributed by atoms with van der Waals surface area (Å²) in [5.41, 5.74) is 3.72. The van der Waals surface area contributed by atoms with Crippen molar-refractivity contribution in [1.82, 2.24) is 9.88 Å². The number of hydrogen-bond acceptors (Lipinski definition) is 2. The fraction of sp³-hybridized carbons (Fsp3) is 0.389. The lowest BCUT2D eigenvalue weighted by molar-refractivity contribution is 0.0934. The molecule has 0 atom stereocenters. The molecule has 1 aliphatic rings. The van der Waals surface area contributed by atoms with Crippen molar-refractivity contribution >= 4 is 29.3 Å². The number of carbonyl (C=O) groups is 1. The molecule has 1 saturated heterocycles. The maximum Gasteiger partial charge on any atom is 0.253 e. The summed E-state index contributed by atoms with van der Waals surface area (Å²) < 4.78 is 2.08. The van der Waals surface area contributed by atoms with Crippen LogP contribution in [0.5, 0.6) is 0 Å². The van der Waals surface area contributed by atoms with E-state index in [0.29, 0.717) is 11.1 Å².